The van der Waals surface area contributed by atoms with Crippen LogP contribution in [0.15, 0.2) is 47.2 Å². The molecule has 1 saturated carbocycles. The van der Waals surface area contributed by atoms with Gasteiger partial charge in [-0.3, -0.25) is 9.88 Å². The monoisotopic (exact) mass is 271 g/mol. The van der Waals surface area contributed by atoms with Crippen molar-refractivity contribution in [3.8, 4) is 0 Å². The third kappa shape index (κ3) is 2.92. The molecule has 0 bridgehead atoms. The summed E-state index contributed by atoms with van der Waals surface area (Å²) < 4.78 is 5.50. The number of aromatic nitrogens is 1. The van der Waals surface area contributed by atoms with E-state index >= 15 is 0 Å². The van der Waals surface area contributed by atoms with Gasteiger partial charge in [0.05, 0.1) is 24.5 Å². The maximum Gasteiger partial charge on any atom is 0.117 e. The number of pyridine rings is 1. The average Bonchev–Trinajstić information content (AvgIpc) is 3.17. The van der Waals surface area contributed by atoms with E-state index in [1.807, 2.05) is 30.5 Å². The molecule has 2 atom stereocenters. The molecule has 2 aromatic rings. The molecule has 1 aliphatic rings. The van der Waals surface area contributed by atoms with Crippen LogP contribution in [0.4, 0.5) is 0 Å². The van der Waals surface area contributed by atoms with Crippen LogP contribution in [0.1, 0.15) is 37.3 Å². The lowest BCUT2D eigenvalue weighted by Crippen LogP contribution is -2.40. The van der Waals surface area contributed by atoms with E-state index in [0.29, 0.717) is 6.04 Å². The third-order valence-corrected chi connectivity index (χ3v) is 3.78. The molecule has 0 aliphatic heterocycles. The molecule has 2 aromatic heterocycles. The summed E-state index contributed by atoms with van der Waals surface area (Å²) in [6.07, 6.45) is 6.03. The summed E-state index contributed by atoms with van der Waals surface area (Å²) in [5.41, 5.74) is 7.29. The Balaban J connectivity index is 1.86. The maximum absolute atomic E-state index is 6.25. The van der Waals surface area contributed by atoms with Gasteiger partial charge in [-0.2, -0.15) is 0 Å². The number of rotatable bonds is 6. The lowest BCUT2D eigenvalue weighted by Gasteiger charge is -2.33. The number of nitrogens with two attached hydrogens (primary N) is 1. The molecule has 106 valence electrons. The summed E-state index contributed by atoms with van der Waals surface area (Å²) in [4.78, 5) is 6.94. The van der Waals surface area contributed by atoms with Crippen LogP contribution in [-0.2, 0) is 6.54 Å². The first kappa shape index (κ1) is 13.3. The first-order valence-corrected chi connectivity index (χ1v) is 7.20. The molecule has 3 rings (SSSR count). The molecule has 0 saturated heterocycles. The van der Waals surface area contributed by atoms with Gasteiger partial charge >= 0.3 is 0 Å². The second-order valence-electron chi connectivity index (χ2n) is 5.54. The molecule has 1 fully saturated rings. The Bertz CT molecular complexity index is 520. The van der Waals surface area contributed by atoms with E-state index < -0.39 is 0 Å². The van der Waals surface area contributed by atoms with E-state index in [0.717, 1.165) is 18.0 Å². The predicted molar refractivity (Wildman–Crippen MR) is 77.9 cm³/mol. The molecule has 2 N–H and O–H groups in total. The Hall–Kier alpha value is -1.65. The molecule has 20 heavy (non-hydrogen) atoms. The zero-order chi connectivity index (χ0) is 13.9. The van der Waals surface area contributed by atoms with Crippen molar-refractivity contribution in [2.45, 2.75) is 44.4 Å². The fourth-order valence-electron chi connectivity index (χ4n) is 2.74. The van der Waals surface area contributed by atoms with Crippen molar-refractivity contribution in [3.63, 3.8) is 0 Å². The molecule has 2 unspecified atom stereocenters. The number of furan rings is 1. The number of hydrogen-bond donors (Lipinski definition) is 1. The molecule has 0 spiro atoms. The minimum absolute atomic E-state index is 0.0282. The van der Waals surface area contributed by atoms with Gasteiger partial charge in [0.15, 0.2) is 0 Å². The maximum atomic E-state index is 6.25. The Morgan fingerprint density at radius 2 is 2.20 bits per heavy atom. The van der Waals surface area contributed by atoms with Gasteiger partial charge in [-0.05, 0) is 44.0 Å². The van der Waals surface area contributed by atoms with Gasteiger partial charge in [0.2, 0.25) is 0 Å². The van der Waals surface area contributed by atoms with Crippen LogP contribution in [0.3, 0.4) is 0 Å². The Morgan fingerprint density at radius 3 is 2.75 bits per heavy atom. The Morgan fingerprint density at radius 1 is 1.35 bits per heavy atom. The van der Waals surface area contributed by atoms with Crippen molar-refractivity contribution < 1.29 is 4.42 Å². The third-order valence-electron chi connectivity index (χ3n) is 3.78. The standard InChI is InChI=1S/C16H21N3O/c1-12(17)16(15-6-2-3-9-18-15)19(13-7-8-13)11-14-5-4-10-20-14/h2-6,9-10,12-13,16H,7-8,11,17H2,1H3. The summed E-state index contributed by atoms with van der Waals surface area (Å²) in [5, 5.41) is 0. The largest absolute Gasteiger partial charge is 0.468 e. The second kappa shape index (κ2) is 5.77. The van der Waals surface area contributed by atoms with Gasteiger partial charge in [-0.15, -0.1) is 0 Å². The molecule has 4 nitrogen and oxygen atoms in total. The van der Waals surface area contributed by atoms with Crippen molar-refractivity contribution >= 4 is 0 Å². The van der Waals surface area contributed by atoms with Crippen molar-refractivity contribution in [3.05, 3.63) is 54.2 Å². The van der Waals surface area contributed by atoms with Crippen LogP contribution >= 0.6 is 0 Å². The summed E-state index contributed by atoms with van der Waals surface area (Å²) in [7, 11) is 0. The summed E-state index contributed by atoms with van der Waals surface area (Å²) in [6.45, 7) is 2.84. The smallest absolute Gasteiger partial charge is 0.117 e. The van der Waals surface area contributed by atoms with Crippen LogP contribution in [0.2, 0.25) is 0 Å². The molecular formula is C16H21N3O. The Labute approximate surface area is 119 Å². The summed E-state index contributed by atoms with van der Waals surface area (Å²) >= 11 is 0. The fourth-order valence-corrected chi connectivity index (χ4v) is 2.74. The zero-order valence-electron chi connectivity index (χ0n) is 11.8. The predicted octanol–water partition coefficient (Wildman–Crippen LogP) is 2.73. The van der Waals surface area contributed by atoms with E-state index in [4.69, 9.17) is 10.2 Å². The normalized spacial score (nSPS) is 18.1. The Kier molecular flexibility index (Phi) is 3.85. The molecular weight excluding hydrogens is 250 g/mol. The highest BCUT2D eigenvalue weighted by atomic mass is 16.3. The minimum Gasteiger partial charge on any atom is -0.468 e. The molecule has 0 radical (unpaired) electrons. The quantitative estimate of drug-likeness (QED) is 0.877. The summed E-state index contributed by atoms with van der Waals surface area (Å²) in [6, 6.07) is 10.7. The highest BCUT2D eigenvalue weighted by Gasteiger charge is 2.37. The molecule has 4 heteroatoms. The van der Waals surface area contributed by atoms with Crippen LogP contribution in [0.5, 0.6) is 0 Å². The SMILES string of the molecule is CC(N)C(c1ccccn1)N(Cc1ccco1)C1CC1. The van der Waals surface area contributed by atoms with Gasteiger partial charge in [0.25, 0.3) is 0 Å². The van der Waals surface area contributed by atoms with E-state index in [-0.39, 0.29) is 12.1 Å². The molecule has 1 aliphatic carbocycles. The topological polar surface area (TPSA) is 55.3 Å². The van der Waals surface area contributed by atoms with Gasteiger partial charge in [0, 0.05) is 18.3 Å². The van der Waals surface area contributed by atoms with Crippen LogP contribution in [0, 0.1) is 0 Å². The highest BCUT2D eigenvalue weighted by Crippen LogP contribution is 2.36. The van der Waals surface area contributed by atoms with E-state index in [9.17, 15) is 0 Å². The van der Waals surface area contributed by atoms with Crippen LogP contribution in [0.25, 0.3) is 0 Å². The average molecular weight is 271 g/mol. The van der Waals surface area contributed by atoms with Crippen molar-refractivity contribution in [1.29, 1.82) is 0 Å². The van der Waals surface area contributed by atoms with Gasteiger partial charge < -0.3 is 10.2 Å². The number of nitrogens with zero attached hydrogens (tertiary/aromatic N) is 2. The minimum atomic E-state index is 0.0282. The van der Waals surface area contributed by atoms with Crippen LogP contribution < -0.4 is 5.73 Å². The first-order valence-electron chi connectivity index (χ1n) is 7.20. The second-order valence-corrected chi connectivity index (χ2v) is 5.54. The van der Waals surface area contributed by atoms with E-state index in [2.05, 4.69) is 22.9 Å². The lowest BCUT2D eigenvalue weighted by molar-refractivity contribution is 0.142. The lowest BCUT2D eigenvalue weighted by atomic mass is 10.0. The molecule has 0 amide bonds. The molecule has 2 heterocycles. The zero-order valence-corrected chi connectivity index (χ0v) is 11.8. The van der Waals surface area contributed by atoms with Gasteiger partial charge in [0.1, 0.15) is 5.76 Å². The van der Waals surface area contributed by atoms with Crippen LogP contribution in [-0.4, -0.2) is 22.0 Å². The fraction of sp³-hybridized carbons (Fsp3) is 0.438. The highest BCUT2D eigenvalue weighted by molar-refractivity contribution is 5.13. The van der Waals surface area contributed by atoms with E-state index in [1.165, 1.54) is 12.8 Å². The molecule has 0 aromatic carbocycles. The van der Waals surface area contributed by atoms with Gasteiger partial charge in [-0.1, -0.05) is 6.07 Å². The van der Waals surface area contributed by atoms with Crippen molar-refractivity contribution in [1.82, 2.24) is 9.88 Å². The van der Waals surface area contributed by atoms with Crippen molar-refractivity contribution in [2.75, 3.05) is 0 Å². The first-order chi connectivity index (χ1) is 9.75. The summed E-state index contributed by atoms with van der Waals surface area (Å²) in [5.74, 6) is 0.985. The van der Waals surface area contributed by atoms with Gasteiger partial charge in [-0.25, -0.2) is 0 Å². The van der Waals surface area contributed by atoms with E-state index in [1.54, 1.807) is 6.26 Å². The number of hydrogen-bond acceptors (Lipinski definition) is 4. The van der Waals surface area contributed by atoms with Crippen molar-refractivity contribution in [2.24, 2.45) is 5.73 Å².